The Morgan fingerprint density at radius 3 is 1.21 bits per heavy atom. The van der Waals surface area contributed by atoms with Gasteiger partial charge >= 0.3 is 11.9 Å². The molecule has 0 saturated carbocycles. The predicted octanol–water partition coefficient (Wildman–Crippen LogP) is 13.6. The number of rotatable bonds is 42. The van der Waals surface area contributed by atoms with Crippen molar-refractivity contribution >= 4 is 17.8 Å². The molecule has 7 heteroatoms. The molecule has 0 rings (SSSR count). The van der Waals surface area contributed by atoms with E-state index in [9.17, 15) is 19.5 Å². The SMILES string of the molecule is CCCCCCCCC=CCCCCCCCC(=O)OCCN(CCOC(=O)CCCCCCCC=CCCCCCCCC)C(=O)CCCC(C)(C)CCO. The van der Waals surface area contributed by atoms with Crippen LogP contribution in [0.2, 0.25) is 0 Å². The van der Waals surface area contributed by atoms with Crippen LogP contribution in [0.3, 0.4) is 0 Å². The van der Waals surface area contributed by atoms with Crippen LogP contribution >= 0.6 is 0 Å². The number of unbranched alkanes of at least 4 members (excludes halogenated alkanes) is 22. The van der Waals surface area contributed by atoms with Crippen LogP contribution < -0.4 is 0 Å². The molecule has 7 nitrogen and oxygen atoms in total. The van der Waals surface area contributed by atoms with E-state index >= 15 is 0 Å². The summed E-state index contributed by atoms with van der Waals surface area (Å²) in [5.41, 5.74) is -0.0289. The first-order valence-electron chi connectivity index (χ1n) is 23.8. The molecule has 0 unspecified atom stereocenters. The molecule has 0 atom stereocenters. The second kappa shape index (κ2) is 41.0. The van der Waals surface area contributed by atoms with Gasteiger partial charge in [-0.15, -0.1) is 0 Å². The van der Waals surface area contributed by atoms with Gasteiger partial charge in [0.2, 0.25) is 5.91 Å². The molecule has 0 spiro atoms. The van der Waals surface area contributed by atoms with Gasteiger partial charge in [-0.25, -0.2) is 0 Å². The van der Waals surface area contributed by atoms with Crippen LogP contribution in [0.15, 0.2) is 24.3 Å². The summed E-state index contributed by atoms with van der Waals surface area (Å²) in [7, 11) is 0. The van der Waals surface area contributed by atoms with Crippen LogP contribution in [0.25, 0.3) is 0 Å². The van der Waals surface area contributed by atoms with Crippen molar-refractivity contribution in [1.82, 2.24) is 4.90 Å². The van der Waals surface area contributed by atoms with Gasteiger partial charge in [-0.05, 0) is 88.9 Å². The molecule has 56 heavy (non-hydrogen) atoms. The molecule has 0 aliphatic heterocycles. The average Bonchev–Trinajstić information content (AvgIpc) is 3.17. The van der Waals surface area contributed by atoms with Crippen molar-refractivity contribution in [3.63, 3.8) is 0 Å². The minimum absolute atomic E-state index is 0.0218. The molecule has 0 aliphatic carbocycles. The lowest BCUT2D eigenvalue weighted by molar-refractivity contribution is -0.147. The molecule has 0 radical (unpaired) electrons. The monoisotopic (exact) mass is 790 g/mol. The van der Waals surface area contributed by atoms with Crippen LogP contribution in [-0.4, -0.2) is 60.8 Å². The second-order valence-electron chi connectivity index (χ2n) is 17.0. The minimum atomic E-state index is -0.216. The molecule has 0 aromatic rings. The number of ether oxygens (including phenoxy) is 2. The van der Waals surface area contributed by atoms with Gasteiger partial charge in [-0.2, -0.15) is 0 Å². The summed E-state index contributed by atoms with van der Waals surface area (Å²) in [5.74, 6) is -0.453. The maximum atomic E-state index is 13.2. The number of hydrogen-bond donors (Lipinski definition) is 1. The van der Waals surface area contributed by atoms with Crippen molar-refractivity contribution in [3.8, 4) is 0 Å². The van der Waals surface area contributed by atoms with Crippen molar-refractivity contribution in [2.75, 3.05) is 32.9 Å². The number of hydrogen-bond acceptors (Lipinski definition) is 6. The summed E-state index contributed by atoms with van der Waals surface area (Å²) in [6.07, 6.45) is 44.4. The standard InChI is InChI=1S/C49H91NO6/c1-5-7-9-11-13-15-17-19-21-23-25-27-29-31-33-37-47(53)55-44-41-50(46(52)36-35-39-49(3,4)40-43-51)42-45-56-48(54)38-34-32-30-28-26-24-22-20-18-16-14-12-10-8-6-2/h19-22,51H,5-18,23-45H2,1-4H3. The largest absolute Gasteiger partial charge is 0.464 e. The van der Waals surface area contributed by atoms with E-state index in [1.54, 1.807) is 4.90 Å². The molecule has 0 bridgehead atoms. The third-order valence-electron chi connectivity index (χ3n) is 10.9. The first-order valence-corrected chi connectivity index (χ1v) is 23.8. The number of aliphatic hydroxyl groups excluding tert-OH is 1. The van der Waals surface area contributed by atoms with Gasteiger partial charge in [-0.3, -0.25) is 14.4 Å². The zero-order valence-corrected chi connectivity index (χ0v) is 37.4. The minimum Gasteiger partial charge on any atom is -0.464 e. The lowest BCUT2D eigenvalue weighted by Gasteiger charge is -2.25. The van der Waals surface area contributed by atoms with E-state index in [2.05, 4.69) is 52.0 Å². The van der Waals surface area contributed by atoms with E-state index < -0.39 is 0 Å². The molecule has 0 aromatic heterocycles. The molecule has 1 amide bonds. The lowest BCUT2D eigenvalue weighted by atomic mass is 9.84. The number of esters is 2. The van der Waals surface area contributed by atoms with Crippen LogP contribution in [0.1, 0.15) is 233 Å². The number of aliphatic hydroxyl groups is 1. The number of allylic oxidation sites excluding steroid dienone is 4. The van der Waals surface area contributed by atoms with Crippen LogP contribution in [0.4, 0.5) is 0 Å². The Kier molecular flexibility index (Phi) is 39.5. The zero-order chi connectivity index (χ0) is 41.2. The Labute approximate surface area is 346 Å². The smallest absolute Gasteiger partial charge is 0.305 e. The molecule has 0 aromatic carbocycles. The summed E-state index contributed by atoms with van der Waals surface area (Å²) < 4.78 is 11.0. The van der Waals surface area contributed by atoms with E-state index in [4.69, 9.17) is 9.47 Å². The van der Waals surface area contributed by atoms with Gasteiger partial charge in [0.25, 0.3) is 0 Å². The molecule has 0 aliphatic rings. The van der Waals surface area contributed by atoms with Gasteiger partial charge in [0.05, 0.1) is 13.1 Å². The number of carbonyl (C=O) groups excluding carboxylic acids is 3. The fourth-order valence-corrected chi connectivity index (χ4v) is 7.03. The number of amides is 1. The maximum Gasteiger partial charge on any atom is 0.305 e. The van der Waals surface area contributed by atoms with Gasteiger partial charge in [0, 0.05) is 25.9 Å². The third-order valence-corrected chi connectivity index (χ3v) is 10.9. The van der Waals surface area contributed by atoms with Crippen LogP contribution in [-0.2, 0) is 23.9 Å². The third kappa shape index (κ3) is 38.7. The molecular formula is C49H91NO6. The van der Waals surface area contributed by atoms with Crippen molar-refractivity contribution in [1.29, 1.82) is 0 Å². The first kappa shape index (κ1) is 53.9. The van der Waals surface area contributed by atoms with E-state index in [1.807, 2.05) is 0 Å². The molecule has 0 fully saturated rings. The van der Waals surface area contributed by atoms with Gasteiger partial charge in [-0.1, -0.05) is 155 Å². The highest BCUT2D eigenvalue weighted by molar-refractivity contribution is 5.76. The van der Waals surface area contributed by atoms with Crippen molar-refractivity contribution in [2.45, 2.75) is 233 Å². The summed E-state index contributed by atoms with van der Waals surface area (Å²) in [6.45, 7) is 9.75. The highest BCUT2D eigenvalue weighted by Gasteiger charge is 2.20. The Morgan fingerprint density at radius 2 is 0.839 bits per heavy atom. The highest BCUT2D eigenvalue weighted by Crippen LogP contribution is 2.27. The van der Waals surface area contributed by atoms with E-state index in [-0.39, 0.29) is 43.1 Å². The van der Waals surface area contributed by atoms with E-state index in [1.165, 1.54) is 116 Å². The summed E-state index contributed by atoms with van der Waals surface area (Å²) in [4.78, 5) is 39.7. The van der Waals surface area contributed by atoms with Crippen molar-refractivity contribution in [2.24, 2.45) is 5.41 Å². The second-order valence-corrected chi connectivity index (χ2v) is 17.0. The molecule has 0 heterocycles. The Morgan fingerprint density at radius 1 is 0.482 bits per heavy atom. The number of carbonyl (C=O) groups is 3. The van der Waals surface area contributed by atoms with Gasteiger partial charge in [0.1, 0.15) is 13.2 Å². The van der Waals surface area contributed by atoms with E-state index in [0.29, 0.717) is 45.2 Å². The predicted molar refractivity (Wildman–Crippen MR) is 237 cm³/mol. The fraction of sp³-hybridized carbons (Fsp3) is 0.857. The summed E-state index contributed by atoms with van der Waals surface area (Å²) in [6, 6.07) is 0. The van der Waals surface area contributed by atoms with Crippen molar-refractivity contribution in [3.05, 3.63) is 24.3 Å². The van der Waals surface area contributed by atoms with Gasteiger partial charge in [0.15, 0.2) is 0 Å². The van der Waals surface area contributed by atoms with Crippen LogP contribution in [0.5, 0.6) is 0 Å². The first-order chi connectivity index (χ1) is 27.3. The quantitative estimate of drug-likeness (QED) is 0.0376. The lowest BCUT2D eigenvalue weighted by Crippen LogP contribution is -2.37. The molecule has 328 valence electrons. The molecule has 0 saturated heterocycles. The molecule has 1 N–H and O–H groups in total. The Bertz CT molecular complexity index is 902. The number of nitrogens with zero attached hydrogens (tertiary/aromatic N) is 1. The molecular weight excluding hydrogens is 699 g/mol. The highest BCUT2D eigenvalue weighted by atomic mass is 16.5. The average molecular weight is 790 g/mol. The van der Waals surface area contributed by atoms with E-state index in [0.717, 1.165) is 57.8 Å². The zero-order valence-electron chi connectivity index (χ0n) is 37.4. The Hall–Kier alpha value is -2.15. The maximum absolute atomic E-state index is 13.2. The van der Waals surface area contributed by atoms with Gasteiger partial charge < -0.3 is 19.5 Å². The van der Waals surface area contributed by atoms with Crippen LogP contribution in [0, 0.1) is 5.41 Å². The fourth-order valence-electron chi connectivity index (χ4n) is 7.03. The van der Waals surface area contributed by atoms with Crippen molar-refractivity contribution < 1.29 is 29.0 Å². The topological polar surface area (TPSA) is 93.1 Å². The Balaban J connectivity index is 4.26. The summed E-state index contributed by atoms with van der Waals surface area (Å²) in [5, 5.41) is 9.35. The normalized spacial score (nSPS) is 11.9. The summed E-state index contributed by atoms with van der Waals surface area (Å²) >= 11 is 0.